The molecule has 5 rings (SSSR count). The molecule has 7 nitrogen and oxygen atoms in total. The molecule has 0 saturated heterocycles. The average Bonchev–Trinajstić information content (AvgIpc) is 3.29. The number of fused-ring (bicyclic) bond motifs is 3. The summed E-state index contributed by atoms with van der Waals surface area (Å²) in [6.45, 7) is 1.56. The number of hydrogen-bond donors (Lipinski definition) is 0. The van der Waals surface area contributed by atoms with E-state index in [0.29, 0.717) is 31.0 Å². The lowest BCUT2D eigenvalue weighted by atomic mass is 9.96. The van der Waals surface area contributed by atoms with Gasteiger partial charge in [0.15, 0.2) is 17.1 Å². The van der Waals surface area contributed by atoms with E-state index < -0.39 is 4.92 Å². The van der Waals surface area contributed by atoms with Crippen molar-refractivity contribution in [2.75, 3.05) is 19.7 Å². The molecule has 1 aliphatic carbocycles. The van der Waals surface area contributed by atoms with Crippen LogP contribution in [0.25, 0.3) is 11.0 Å². The maximum absolute atomic E-state index is 13.0. The number of nitrogens with zero attached hydrogens (tertiary/aromatic N) is 2. The van der Waals surface area contributed by atoms with Crippen molar-refractivity contribution < 1.29 is 18.9 Å². The van der Waals surface area contributed by atoms with Gasteiger partial charge in [-0.3, -0.25) is 19.8 Å². The van der Waals surface area contributed by atoms with Crippen molar-refractivity contribution in [3.8, 4) is 5.75 Å². The zero-order valence-corrected chi connectivity index (χ0v) is 20.0. The molecule has 1 aliphatic rings. The summed E-state index contributed by atoms with van der Waals surface area (Å²) >= 11 is 0. The van der Waals surface area contributed by atoms with Gasteiger partial charge in [-0.1, -0.05) is 54.6 Å². The lowest BCUT2D eigenvalue weighted by molar-refractivity contribution is -0.384. The second-order valence-electron chi connectivity index (χ2n) is 9.12. The van der Waals surface area contributed by atoms with Gasteiger partial charge in [0.1, 0.15) is 12.4 Å². The van der Waals surface area contributed by atoms with E-state index in [2.05, 4.69) is 6.07 Å². The van der Waals surface area contributed by atoms with E-state index in [1.165, 1.54) is 24.1 Å². The molecule has 0 fully saturated rings. The van der Waals surface area contributed by atoms with E-state index in [-0.39, 0.29) is 18.0 Å². The summed E-state index contributed by atoms with van der Waals surface area (Å²) in [5, 5.41) is 12.3. The van der Waals surface area contributed by atoms with Gasteiger partial charge >= 0.3 is 0 Å². The van der Waals surface area contributed by atoms with Gasteiger partial charge in [-0.25, -0.2) is 0 Å². The number of benzene rings is 3. The smallest absolute Gasteiger partial charge is 0.270 e. The van der Waals surface area contributed by atoms with Gasteiger partial charge in [0, 0.05) is 48.2 Å². The molecular weight excluding hydrogens is 456 g/mol. The number of ether oxygens (including phenoxy) is 1. The molecule has 7 heteroatoms. The van der Waals surface area contributed by atoms with Crippen LogP contribution in [0.1, 0.15) is 40.1 Å². The van der Waals surface area contributed by atoms with Crippen LogP contribution < -0.4 is 4.74 Å². The first-order chi connectivity index (χ1) is 17.6. The Labute approximate surface area is 209 Å². The molecule has 0 atom stereocenters. The molecule has 0 N–H and O–H groups in total. The van der Waals surface area contributed by atoms with E-state index in [1.807, 2.05) is 47.4 Å². The number of non-ortho nitro benzene ring substituents is 1. The summed E-state index contributed by atoms with van der Waals surface area (Å²) < 4.78 is 12.3. The van der Waals surface area contributed by atoms with Gasteiger partial charge in [0.05, 0.1) is 11.5 Å². The second kappa shape index (κ2) is 10.7. The maximum Gasteiger partial charge on any atom is 0.270 e. The van der Waals surface area contributed by atoms with Crippen LogP contribution in [0.5, 0.6) is 5.75 Å². The van der Waals surface area contributed by atoms with Crippen LogP contribution in [-0.4, -0.2) is 35.3 Å². The molecule has 1 aromatic heterocycles. The van der Waals surface area contributed by atoms with E-state index in [1.54, 1.807) is 12.1 Å². The van der Waals surface area contributed by atoms with Gasteiger partial charge in [0.25, 0.3) is 5.69 Å². The third kappa shape index (κ3) is 5.31. The molecule has 36 heavy (non-hydrogen) atoms. The molecular formula is C29H28N2O5. The number of ketones is 1. The number of carbonyl (C=O) groups is 1. The van der Waals surface area contributed by atoms with Crippen molar-refractivity contribution in [3.63, 3.8) is 0 Å². The molecule has 0 saturated carbocycles. The Hall–Kier alpha value is -3.97. The topological polar surface area (TPSA) is 85.8 Å². The Bertz CT molecular complexity index is 1380. The molecule has 4 aromatic rings. The summed E-state index contributed by atoms with van der Waals surface area (Å²) in [7, 11) is 0. The van der Waals surface area contributed by atoms with Crippen LogP contribution >= 0.6 is 0 Å². The van der Waals surface area contributed by atoms with E-state index >= 15 is 0 Å². The number of para-hydroxylation sites is 1. The van der Waals surface area contributed by atoms with Gasteiger partial charge in [-0.15, -0.1) is 0 Å². The molecule has 0 bridgehead atoms. The van der Waals surface area contributed by atoms with Crippen molar-refractivity contribution >= 4 is 22.4 Å². The first-order valence-electron chi connectivity index (χ1n) is 12.3. The predicted molar refractivity (Wildman–Crippen MR) is 137 cm³/mol. The van der Waals surface area contributed by atoms with Crippen molar-refractivity contribution in [1.29, 1.82) is 0 Å². The summed E-state index contributed by atoms with van der Waals surface area (Å²) in [4.78, 5) is 25.7. The highest BCUT2D eigenvalue weighted by Gasteiger charge is 2.20. The number of nitro benzene ring substituents is 1. The van der Waals surface area contributed by atoms with Crippen LogP contribution in [0.4, 0.5) is 5.69 Å². The van der Waals surface area contributed by atoms with Gasteiger partial charge < -0.3 is 9.15 Å². The molecule has 3 aromatic carbocycles. The first kappa shape index (κ1) is 23.8. The number of rotatable bonds is 10. The molecule has 0 unspecified atom stereocenters. The largest absolute Gasteiger partial charge is 0.488 e. The fourth-order valence-electron chi connectivity index (χ4n) is 4.80. The zero-order chi connectivity index (χ0) is 24.9. The molecule has 184 valence electrons. The number of hydrogen-bond acceptors (Lipinski definition) is 6. The van der Waals surface area contributed by atoms with Crippen molar-refractivity contribution in [2.24, 2.45) is 0 Å². The minimum Gasteiger partial charge on any atom is -0.488 e. The number of nitro groups is 1. The lowest BCUT2D eigenvalue weighted by Gasteiger charge is -2.22. The molecule has 0 amide bonds. The molecule has 0 spiro atoms. The molecule has 0 radical (unpaired) electrons. The van der Waals surface area contributed by atoms with Crippen LogP contribution in [0.3, 0.4) is 0 Å². The van der Waals surface area contributed by atoms with Crippen LogP contribution in [0, 0.1) is 10.1 Å². The third-order valence-corrected chi connectivity index (χ3v) is 6.61. The highest BCUT2D eigenvalue weighted by Crippen LogP contribution is 2.36. The Morgan fingerprint density at radius 2 is 1.81 bits per heavy atom. The Morgan fingerprint density at radius 1 is 1.00 bits per heavy atom. The van der Waals surface area contributed by atoms with Gasteiger partial charge in [-0.2, -0.15) is 0 Å². The fourth-order valence-corrected chi connectivity index (χ4v) is 4.80. The van der Waals surface area contributed by atoms with Crippen molar-refractivity contribution in [3.05, 3.63) is 105 Å². The normalized spacial score (nSPS) is 13.0. The number of aryl methyl sites for hydroxylation is 2. The minimum absolute atomic E-state index is 0.0898. The first-order valence-corrected chi connectivity index (χ1v) is 12.3. The summed E-state index contributed by atoms with van der Waals surface area (Å²) in [5.74, 6) is 1.61. The lowest BCUT2D eigenvalue weighted by Crippen LogP contribution is -2.33. The van der Waals surface area contributed by atoms with E-state index in [9.17, 15) is 14.9 Å². The highest BCUT2D eigenvalue weighted by atomic mass is 16.6. The molecule has 1 heterocycles. The van der Waals surface area contributed by atoms with E-state index in [0.717, 1.165) is 41.6 Å². The van der Waals surface area contributed by atoms with Crippen LogP contribution in [0.2, 0.25) is 0 Å². The monoisotopic (exact) mass is 484 g/mol. The SMILES string of the molecule is O=C(CN(CCOc1cccc2c3c(oc12)CCCC3)Cc1ccccc1)c1cccc([N+](=O)[O-])c1. The van der Waals surface area contributed by atoms with Crippen LogP contribution in [-0.2, 0) is 19.4 Å². The number of furan rings is 1. The Morgan fingerprint density at radius 3 is 2.64 bits per heavy atom. The van der Waals surface area contributed by atoms with Crippen molar-refractivity contribution in [2.45, 2.75) is 32.2 Å². The quantitative estimate of drug-likeness (QED) is 0.156. The number of Topliss-reactive ketones (excluding diaryl/α,β-unsaturated/α-hetero) is 1. The van der Waals surface area contributed by atoms with Crippen LogP contribution in [0.15, 0.2) is 77.2 Å². The summed E-state index contributed by atoms with van der Waals surface area (Å²) in [6, 6.07) is 21.8. The minimum atomic E-state index is -0.487. The highest BCUT2D eigenvalue weighted by molar-refractivity contribution is 5.98. The average molecular weight is 485 g/mol. The fraction of sp³-hybridized carbons (Fsp3) is 0.276. The third-order valence-electron chi connectivity index (χ3n) is 6.61. The zero-order valence-electron chi connectivity index (χ0n) is 20.0. The van der Waals surface area contributed by atoms with Crippen molar-refractivity contribution in [1.82, 2.24) is 4.90 Å². The van der Waals surface area contributed by atoms with Gasteiger partial charge in [0.2, 0.25) is 0 Å². The molecule has 0 aliphatic heterocycles. The summed E-state index contributed by atoms with van der Waals surface area (Å²) in [5.41, 5.74) is 3.41. The summed E-state index contributed by atoms with van der Waals surface area (Å²) in [6.07, 6.45) is 4.33. The maximum atomic E-state index is 13.0. The van der Waals surface area contributed by atoms with E-state index in [4.69, 9.17) is 9.15 Å². The standard InChI is InChI=1S/C29H28N2O5/c32-26(22-10-6-11-23(18-22)31(33)34)20-30(19-21-8-2-1-3-9-21)16-17-35-28-15-7-13-25-24-12-4-5-14-27(24)36-29(25)28/h1-3,6-11,13,15,18H,4-5,12,14,16-17,19-20H2. The second-order valence-corrected chi connectivity index (χ2v) is 9.12. The number of carbonyl (C=O) groups excluding carboxylic acids is 1. The Balaban J connectivity index is 1.30. The van der Waals surface area contributed by atoms with Gasteiger partial charge in [-0.05, 0) is 30.9 Å². The predicted octanol–water partition coefficient (Wildman–Crippen LogP) is 5.98. The Kier molecular flexibility index (Phi) is 7.09.